The quantitative estimate of drug-likeness (QED) is 0.277. The average Bonchev–Trinajstić information content (AvgIpc) is 1.86. The molecule has 0 atom stereocenters. The molecule has 0 aliphatic carbocycles. The van der Waals surface area contributed by atoms with E-state index in [1.54, 1.807) is 0 Å². The molecule has 0 saturated carbocycles. The van der Waals surface area contributed by atoms with Crippen LogP contribution in [0.3, 0.4) is 0 Å². The number of nitrogens with zero attached hydrogens (tertiary/aromatic N) is 3. The Labute approximate surface area is 86.1 Å². The fraction of sp³-hybridized carbons (Fsp3) is 0. The summed E-state index contributed by atoms with van der Waals surface area (Å²) in [5.41, 5.74) is 0. The van der Waals surface area contributed by atoms with E-state index in [0.29, 0.717) is 21.0 Å². The van der Waals surface area contributed by atoms with Crippen LogP contribution < -0.4 is 0 Å². The van der Waals surface area contributed by atoms with Crippen molar-refractivity contribution in [1.29, 1.82) is 0 Å². The van der Waals surface area contributed by atoms with Crippen LogP contribution in [0.15, 0.2) is 0 Å². The van der Waals surface area contributed by atoms with Crippen LogP contribution in [0, 0.1) is 30.3 Å². The summed E-state index contributed by atoms with van der Waals surface area (Å²) in [5.74, 6) is 0. The Kier molecular flexibility index (Phi) is 36.5. The molecule has 0 heterocycles. The van der Waals surface area contributed by atoms with Crippen LogP contribution in [0.2, 0.25) is 0 Å². The van der Waals surface area contributed by atoms with E-state index in [1.165, 1.54) is 0 Å². The molecule has 0 amide bonds. The first kappa shape index (κ1) is 22.7. The molecule has 14 heteroatoms. The van der Waals surface area contributed by atoms with Gasteiger partial charge < -0.3 is 15.6 Å². The van der Waals surface area contributed by atoms with Crippen molar-refractivity contribution in [1.82, 2.24) is 0 Å². The van der Waals surface area contributed by atoms with Crippen molar-refractivity contribution in [3.63, 3.8) is 0 Å². The molecule has 13 nitrogen and oxygen atoms in total. The molecular formula is H3N3NbO10. The van der Waals surface area contributed by atoms with Gasteiger partial charge in [0.2, 0.25) is 0 Å². The van der Waals surface area contributed by atoms with Crippen LogP contribution in [-0.2, 0) is 24.3 Å². The molecule has 0 saturated heterocycles. The Morgan fingerprint density at radius 3 is 0.714 bits per heavy atom. The molecule has 0 spiro atoms. The van der Waals surface area contributed by atoms with Gasteiger partial charge in [0.15, 0.2) is 0 Å². The zero-order chi connectivity index (χ0) is 12.7. The molecule has 0 bridgehead atoms. The Hall–Kier alpha value is -1.86. The Morgan fingerprint density at radius 1 is 0.714 bits per heavy atom. The van der Waals surface area contributed by atoms with Gasteiger partial charge in [0, 0.05) is 0 Å². The van der Waals surface area contributed by atoms with Crippen molar-refractivity contribution in [3.8, 4) is 0 Å². The van der Waals surface area contributed by atoms with Crippen LogP contribution in [0.5, 0.6) is 0 Å². The van der Waals surface area contributed by atoms with Gasteiger partial charge in [0.25, 0.3) is 15.3 Å². The van der Waals surface area contributed by atoms with E-state index in [1.807, 2.05) is 0 Å². The molecule has 0 aromatic heterocycles. The second kappa shape index (κ2) is 22.5. The third-order valence-corrected chi connectivity index (χ3v) is 0. The summed E-state index contributed by atoms with van der Waals surface area (Å²) in [7, 11) is 0. The summed E-state index contributed by atoms with van der Waals surface area (Å²) in [4.78, 5) is 25.1. The van der Waals surface area contributed by atoms with Gasteiger partial charge in [-0.2, -0.15) is 0 Å². The summed E-state index contributed by atoms with van der Waals surface area (Å²) < 4.78 is 8.30. The van der Waals surface area contributed by atoms with E-state index in [2.05, 4.69) is 0 Å². The predicted octanol–water partition coefficient (Wildman–Crippen LogP) is -1.16. The molecule has 14 heavy (non-hydrogen) atoms. The summed E-state index contributed by atoms with van der Waals surface area (Å²) in [6.07, 6.45) is 0. The van der Waals surface area contributed by atoms with Crippen LogP contribution in [0.25, 0.3) is 0 Å². The molecule has 0 aromatic rings. The molecule has 0 aliphatic heterocycles. The minimum atomic E-state index is -1.50. The van der Waals surface area contributed by atoms with Crippen LogP contribution in [0.1, 0.15) is 0 Å². The SMILES string of the molecule is O=[N+]([O-])O.O=[N+]([O-])O.O=[N+]([O-])O.[O]=[Nb]. The van der Waals surface area contributed by atoms with Crippen molar-refractivity contribution < 1.29 is 55.2 Å². The maximum absolute atomic E-state index is 8.36. The van der Waals surface area contributed by atoms with Crippen molar-refractivity contribution in [3.05, 3.63) is 30.3 Å². The van der Waals surface area contributed by atoms with Crippen molar-refractivity contribution in [2.24, 2.45) is 0 Å². The van der Waals surface area contributed by atoms with E-state index >= 15 is 0 Å². The molecule has 0 unspecified atom stereocenters. The van der Waals surface area contributed by atoms with Crippen molar-refractivity contribution in [2.75, 3.05) is 0 Å². The van der Waals surface area contributed by atoms with Crippen LogP contribution in [-0.4, -0.2) is 30.9 Å². The Balaban J connectivity index is -0.0000000492. The van der Waals surface area contributed by atoms with Gasteiger partial charge in [-0.15, -0.1) is 30.3 Å². The van der Waals surface area contributed by atoms with Crippen LogP contribution in [0.4, 0.5) is 0 Å². The Morgan fingerprint density at radius 2 is 0.714 bits per heavy atom. The van der Waals surface area contributed by atoms with E-state index in [4.69, 9.17) is 49.2 Å². The molecule has 0 fully saturated rings. The summed E-state index contributed by atoms with van der Waals surface area (Å²) in [5, 5.41) is 40.9. The second-order valence-electron chi connectivity index (χ2n) is 0.714. The topological polar surface area (TPSA) is 207 Å². The van der Waals surface area contributed by atoms with E-state index in [9.17, 15) is 0 Å². The maximum atomic E-state index is 8.36. The van der Waals surface area contributed by atoms with Gasteiger partial charge >= 0.3 is 24.3 Å². The fourth-order valence-corrected chi connectivity index (χ4v) is 0. The van der Waals surface area contributed by atoms with Gasteiger partial charge in [0.1, 0.15) is 0 Å². The van der Waals surface area contributed by atoms with E-state index in [-0.39, 0.29) is 0 Å². The van der Waals surface area contributed by atoms with Crippen molar-refractivity contribution >= 4 is 0 Å². The van der Waals surface area contributed by atoms with Gasteiger partial charge in [-0.1, -0.05) is 0 Å². The number of hydrogen-bond donors (Lipinski definition) is 3. The molecular weight excluding hydrogens is 295 g/mol. The normalized spacial score (nSPS) is 5.36. The zero-order valence-electron chi connectivity index (χ0n) is 5.99. The summed E-state index contributed by atoms with van der Waals surface area (Å²) in [6, 6.07) is 0. The first-order valence-corrected chi connectivity index (χ1v) is 2.78. The molecule has 0 rings (SSSR count). The Bertz CT molecular complexity index is 124. The average molecular weight is 298 g/mol. The summed E-state index contributed by atoms with van der Waals surface area (Å²) >= 11 is 0.500. The first-order valence-electron chi connectivity index (χ1n) is 1.88. The number of hydrogen-bond acceptors (Lipinski definition) is 7. The van der Waals surface area contributed by atoms with Gasteiger partial charge in [0.05, 0.1) is 0 Å². The molecule has 0 radical (unpaired) electrons. The van der Waals surface area contributed by atoms with Gasteiger partial charge in [-0.3, -0.25) is 0 Å². The third-order valence-electron chi connectivity index (χ3n) is 0. The third kappa shape index (κ3) is 245. The van der Waals surface area contributed by atoms with E-state index in [0.717, 1.165) is 0 Å². The monoisotopic (exact) mass is 298 g/mol. The summed E-state index contributed by atoms with van der Waals surface area (Å²) in [6.45, 7) is 0. The number of rotatable bonds is 0. The van der Waals surface area contributed by atoms with Crippen LogP contribution >= 0.6 is 0 Å². The molecule has 0 aromatic carbocycles. The fourth-order valence-electron chi connectivity index (χ4n) is 0. The van der Waals surface area contributed by atoms with Gasteiger partial charge in [-0.25, -0.2) is 0 Å². The minimum absolute atomic E-state index is 0.500. The standard InChI is InChI=1S/3HNO3.Nb.O/c3*2-1(3)4;;/h3*(H,2,3,4);;. The molecule has 0 aliphatic rings. The first-order chi connectivity index (χ1) is 6.20. The van der Waals surface area contributed by atoms with Crippen molar-refractivity contribution in [2.45, 2.75) is 0 Å². The van der Waals surface area contributed by atoms with Gasteiger partial charge in [-0.05, 0) is 0 Å². The van der Waals surface area contributed by atoms with E-state index < -0.39 is 15.3 Å². The second-order valence-corrected chi connectivity index (χ2v) is 0.714. The molecule has 3 N–H and O–H groups in total. The molecule has 83 valence electrons. The zero-order valence-corrected chi connectivity index (χ0v) is 8.19. The predicted molar refractivity (Wildman–Crippen MR) is 27.0 cm³/mol.